The number of piperazine rings is 2. The van der Waals surface area contributed by atoms with Crippen LogP contribution in [0, 0.1) is 45.3 Å². The molecule has 5 aromatic carbocycles. The Kier molecular flexibility index (Phi) is 32.9. The lowest BCUT2D eigenvalue weighted by atomic mass is 9.84. The van der Waals surface area contributed by atoms with Gasteiger partial charge in [0.05, 0.1) is 49.5 Å². The van der Waals surface area contributed by atoms with E-state index in [1.165, 1.54) is 77.8 Å². The number of hydrogen-bond acceptors (Lipinski definition) is 19. The fourth-order valence-electron chi connectivity index (χ4n) is 20.6. The molecule has 138 heavy (non-hydrogen) atoms. The van der Waals surface area contributed by atoms with Crippen molar-refractivity contribution >= 4 is 99.0 Å². The molecule has 754 valence electrons. The van der Waals surface area contributed by atoms with Crippen molar-refractivity contribution in [1.29, 1.82) is 0 Å². The predicted molar refractivity (Wildman–Crippen MR) is 544 cm³/mol. The number of imidazole rings is 1. The first-order valence-electron chi connectivity index (χ1n) is 49.5. The van der Waals surface area contributed by atoms with Gasteiger partial charge in [-0.25, -0.2) is 31.7 Å². The molecule has 9 aliphatic rings. The number of aromatic amines is 1. The normalized spacial score (nSPS) is 22.9. The maximum Gasteiger partial charge on any atom is 0.327 e. The van der Waals surface area contributed by atoms with Gasteiger partial charge in [0.2, 0.25) is 35.4 Å². The first kappa shape index (κ1) is 105. The number of halogens is 5. The van der Waals surface area contributed by atoms with Gasteiger partial charge in [0.15, 0.2) is 5.65 Å². The summed E-state index contributed by atoms with van der Waals surface area (Å²) in [4.78, 5) is 127. The van der Waals surface area contributed by atoms with E-state index in [1.54, 1.807) is 63.0 Å². The van der Waals surface area contributed by atoms with Crippen LogP contribution in [0.1, 0.15) is 239 Å². The van der Waals surface area contributed by atoms with E-state index in [4.69, 9.17) is 0 Å². The number of para-hydroxylation sites is 3. The van der Waals surface area contributed by atoms with Gasteiger partial charge in [0, 0.05) is 191 Å². The monoisotopic (exact) mass is 1970 g/mol. The van der Waals surface area contributed by atoms with Crippen molar-refractivity contribution in [2.45, 2.75) is 254 Å². The molecule has 0 radical (unpaired) electrons. The summed E-state index contributed by atoms with van der Waals surface area (Å²) in [7, 11) is 4.11. The molecule has 9 fully saturated rings. The minimum absolute atomic E-state index is 0. The molecular weight excluding hydrogens is 1820 g/mol. The first-order valence-corrected chi connectivity index (χ1v) is 52.4. The minimum Gasteiger partial charge on any atom is -0.385 e. The number of aliphatic hydroxyl groups is 2. The Bertz CT molecular complexity index is 5280. The Morgan fingerprint density at radius 2 is 0.775 bits per heavy atom. The molecule has 0 spiro atoms. The largest absolute Gasteiger partial charge is 0.385 e. The first-order chi connectivity index (χ1) is 65.0. The zero-order chi connectivity index (χ0) is 99.6. The van der Waals surface area contributed by atoms with Crippen molar-refractivity contribution in [2.75, 3.05) is 153 Å². The summed E-state index contributed by atoms with van der Waals surface area (Å²) in [5.41, 5.74) is 4.35. The number of piperidine rings is 3. The maximum atomic E-state index is 15.7. The van der Waals surface area contributed by atoms with E-state index in [-0.39, 0.29) is 130 Å². The molecule has 6 amide bonds. The predicted octanol–water partition coefficient (Wildman–Crippen LogP) is 17.2. The molecule has 24 nitrogen and oxygen atoms in total. The standard InChI is InChI=1S/2C36H50F2N4O3S.C34H46FN7O3S.H2/c2*1-34(2,3)14-19-42-32(44)29(24-30(43)39-17-15-36(45,16-18-39)25-10-12-26(37)13-11-25)46-33(42)27-8-7-9-28(38)31(27)40-20-22-41(23-21-40)35(4,5)6;1-34(2,3)14-19-41-31(44)27(46-32(41)24-8-6-9-25(35)29(24)40-18-13-23(21-40)38(4)5)20-28(43)39-16-11-22(12-17-39)42-26-10-7-15-36-30(26)37-33(42)45;/h2*7-13,29,33,45H,14-24H2,1-6H3;6-10,15,22-23,27,32H,11-14,16-21H2,1-5H3,(H,36,37,45);1H/t2*29-,33?;23?,27-,32+;/m000./s1. The Hall–Kier alpha value is -8.76. The van der Waals surface area contributed by atoms with Crippen LogP contribution >= 0.6 is 35.3 Å². The highest BCUT2D eigenvalue weighted by atomic mass is 32.2. The zero-order valence-corrected chi connectivity index (χ0v) is 86.4. The molecule has 32 heteroatoms. The summed E-state index contributed by atoms with van der Waals surface area (Å²) in [6, 6.07) is 31.3. The van der Waals surface area contributed by atoms with Gasteiger partial charge in [0.25, 0.3) is 0 Å². The average molecular weight is 1970 g/mol. The van der Waals surface area contributed by atoms with E-state index in [2.05, 4.69) is 157 Å². The Balaban J connectivity index is 0.000000175. The number of carbonyl (C=O) groups is 6. The number of benzene rings is 5. The van der Waals surface area contributed by atoms with Crippen LogP contribution in [0.25, 0.3) is 11.2 Å². The number of nitrogens with zero attached hydrogens (tertiary/aromatic N) is 14. The molecule has 16 rings (SSSR count). The fraction of sp³-hybridized carbons (Fsp3) is 0.604. The molecule has 0 bridgehead atoms. The number of fused-ring (bicyclic) bond motifs is 1. The lowest BCUT2D eigenvalue weighted by Crippen LogP contribution is -2.53. The van der Waals surface area contributed by atoms with Crippen molar-refractivity contribution in [1.82, 2.24) is 58.6 Å². The van der Waals surface area contributed by atoms with Crippen LogP contribution in [0.4, 0.5) is 39.0 Å². The van der Waals surface area contributed by atoms with Gasteiger partial charge in [-0.3, -0.25) is 48.1 Å². The Morgan fingerprint density at radius 1 is 0.435 bits per heavy atom. The minimum atomic E-state index is -1.12. The number of anilines is 3. The van der Waals surface area contributed by atoms with E-state index in [0.717, 1.165) is 87.2 Å². The third kappa shape index (κ3) is 24.9. The molecule has 0 aliphatic carbocycles. The van der Waals surface area contributed by atoms with E-state index in [1.807, 2.05) is 49.9 Å². The second-order valence-corrected chi connectivity index (χ2v) is 48.7. The number of nitrogens with one attached hydrogen (secondary N) is 1. The second kappa shape index (κ2) is 43.2. The third-order valence-electron chi connectivity index (χ3n) is 29.3. The van der Waals surface area contributed by atoms with Crippen molar-refractivity contribution in [3.05, 3.63) is 189 Å². The molecule has 0 saturated carbocycles. The molecular formula is C106H148F5N15O9S3. The highest BCUT2D eigenvalue weighted by Crippen LogP contribution is 2.53. The Morgan fingerprint density at radius 3 is 1.10 bits per heavy atom. The number of thioether (sulfide) groups is 3. The smallest absolute Gasteiger partial charge is 0.327 e. The number of amides is 6. The number of carbonyl (C=O) groups excluding carboxylic acids is 6. The van der Waals surface area contributed by atoms with E-state index < -0.39 is 37.7 Å². The molecule has 9 aliphatic heterocycles. The molecule has 11 heterocycles. The van der Waals surface area contributed by atoms with Crippen LogP contribution in [0.15, 0.2) is 126 Å². The van der Waals surface area contributed by atoms with Crippen LogP contribution < -0.4 is 20.4 Å². The van der Waals surface area contributed by atoms with Gasteiger partial charge in [0.1, 0.15) is 45.2 Å². The maximum absolute atomic E-state index is 15.7. The van der Waals surface area contributed by atoms with Gasteiger partial charge >= 0.3 is 5.69 Å². The quantitative estimate of drug-likeness (QED) is 0.0535. The summed E-state index contributed by atoms with van der Waals surface area (Å²) in [5, 5.41) is 19.6. The number of rotatable bonds is 22. The number of hydrogen-bond donors (Lipinski definition) is 3. The highest BCUT2D eigenvalue weighted by Gasteiger charge is 2.50. The molecule has 2 aromatic heterocycles. The lowest BCUT2D eigenvalue weighted by Gasteiger charge is -2.43. The molecule has 9 saturated heterocycles. The van der Waals surface area contributed by atoms with Crippen LogP contribution in [0.5, 0.6) is 0 Å². The van der Waals surface area contributed by atoms with Crippen LogP contribution in [0.2, 0.25) is 0 Å². The molecule has 7 atom stereocenters. The summed E-state index contributed by atoms with van der Waals surface area (Å²) in [6.45, 7) is 44.1. The van der Waals surface area contributed by atoms with Gasteiger partial charge in [-0.15, -0.1) is 35.3 Å². The third-order valence-corrected chi connectivity index (χ3v) is 33.7. The number of likely N-dealkylation sites (N-methyl/N-ethyl adjacent to an activating group) is 1. The summed E-state index contributed by atoms with van der Waals surface area (Å²) in [6.07, 6.45) is 7.81. The van der Waals surface area contributed by atoms with Gasteiger partial charge in [-0.1, -0.05) is 123 Å². The average Bonchev–Trinajstić information content (AvgIpc) is 1.62. The molecule has 3 N–H and O–H groups in total. The van der Waals surface area contributed by atoms with Gasteiger partial charge in [-0.05, 0) is 202 Å². The van der Waals surface area contributed by atoms with E-state index in [9.17, 15) is 52.6 Å². The number of pyridine rings is 1. The lowest BCUT2D eigenvalue weighted by molar-refractivity contribution is -0.139. The molecule has 3 unspecified atom stereocenters. The van der Waals surface area contributed by atoms with E-state index in [0.29, 0.717) is 163 Å². The van der Waals surface area contributed by atoms with E-state index >= 15 is 13.2 Å². The SMILES string of the molecule is CC(C)(C)CCN1C(=O)[C@H](CC(=O)N2CCC(O)(c3ccc(F)cc3)CC2)SC1c1cccc(F)c1N1CCN(C(C)(C)C)CC1.CC(C)(C)CCN1C(=O)[C@H](CC(=O)N2CCC(O)(c3ccc(F)cc3)CC2)SC1c1cccc(F)c1N1CCN(C(C)(C)C)CC1.CN(C)C1CCN(c2c(F)cccc2[C@H]2S[C@@H](CC(=O)N3CCC(n4c(=O)[nH]c5ncccc54)CC3)C(=O)N2CCC(C)(C)C)C1.[HH]. The molecule has 7 aromatic rings. The van der Waals surface area contributed by atoms with Gasteiger partial charge < -0.3 is 59.2 Å². The zero-order valence-electron chi connectivity index (χ0n) is 83.9. The van der Waals surface area contributed by atoms with Crippen molar-refractivity contribution < 1.29 is 62.4 Å². The number of aromatic nitrogens is 3. The number of likely N-dealkylation sites (tertiary alicyclic amines) is 3. The summed E-state index contributed by atoms with van der Waals surface area (Å²) < 4.78 is 75.7. The topological polar surface area (TPSA) is 232 Å². The highest BCUT2D eigenvalue weighted by molar-refractivity contribution is 8.01. The van der Waals surface area contributed by atoms with Crippen molar-refractivity contribution in [2.24, 2.45) is 16.2 Å². The Labute approximate surface area is 826 Å². The van der Waals surface area contributed by atoms with Crippen molar-refractivity contribution in [3.63, 3.8) is 0 Å². The van der Waals surface area contributed by atoms with Crippen LogP contribution in [-0.2, 0) is 40.0 Å². The van der Waals surface area contributed by atoms with Crippen LogP contribution in [-0.4, -0.2) is 276 Å². The second-order valence-electron chi connectivity index (χ2n) is 44.9. The summed E-state index contributed by atoms with van der Waals surface area (Å²) >= 11 is 4.39. The fourth-order valence-corrected chi connectivity index (χ4v) is 25.1. The van der Waals surface area contributed by atoms with Crippen LogP contribution in [0.3, 0.4) is 0 Å². The summed E-state index contributed by atoms with van der Waals surface area (Å²) in [5.74, 6) is -2.08. The van der Waals surface area contributed by atoms with Gasteiger partial charge in [-0.2, -0.15) is 0 Å². The number of H-pyrrole nitrogens is 1. The van der Waals surface area contributed by atoms with Crippen molar-refractivity contribution in [3.8, 4) is 0 Å².